The molecule has 2 saturated heterocycles. The fourth-order valence-corrected chi connectivity index (χ4v) is 4.44. The number of piperidine rings is 1. The lowest BCUT2D eigenvalue weighted by Gasteiger charge is -2.38. The van der Waals surface area contributed by atoms with Crippen LogP contribution in [0.5, 0.6) is 5.75 Å². The van der Waals surface area contributed by atoms with Gasteiger partial charge in [-0.2, -0.15) is 0 Å². The maximum absolute atomic E-state index is 12.7. The second kappa shape index (κ2) is 11.5. The predicted octanol–water partition coefficient (Wildman–Crippen LogP) is 3.01. The van der Waals surface area contributed by atoms with Gasteiger partial charge in [-0.1, -0.05) is 11.6 Å². The number of carbonyl (C=O) groups excluding carboxylic acids is 2. The van der Waals surface area contributed by atoms with Crippen LogP contribution in [-0.4, -0.2) is 86.5 Å². The van der Waals surface area contributed by atoms with E-state index >= 15 is 0 Å². The van der Waals surface area contributed by atoms with Crippen molar-refractivity contribution in [3.8, 4) is 5.75 Å². The quantitative estimate of drug-likeness (QED) is 0.583. The highest BCUT2D eigenvalue weighted by atomic mass is 35.5. The number of ether oxygens (including phenoxy) is 3. The van der Waals surface area contributed by atoms with E-state index in [1.165, 1.54) is 13.2 Å². The van der Waals surface area contributed by atoms with E-state index in [0.29, 0.717) is 41.1 Å². The van der Waals surface area contributed by atoms with Crippen LogP contribution in [0.4, 0.5) is 10.5 Å². The number of halogens is 1. The monoisotopic (exact) mass is 496 g/mol. The number of nitrogens with two attached hydrogens (primary N) is 1. The average molecular weight is 497 g/mol. The standard InChI is InChI=1S/C24H37ClN4O5/c1-24(2,3)34-23(31)29-7-5-16(6-8-29)14-28-9-10-33-17(15-28)13-27-22(30)18-11-19(25)20(26)12-21(18)32-4/h11-12,16-17H,5-10,13-15,26H2,1-4H3,(H,27,30)/t17-/m1/s1. The van der Waals surface area contributed by atoms with Crippen molar-refractivity contribution in [2.24, 2.45) is 5.92 Å². The van der Waals surface area contributed by atoms with Gasteiger partial charge < -0.3 is 30.2 Å². The third kappa shape index (κ3) is 7.38. The molecule has 1 atom stereocenters. The van der Waals surface area contributed by atoms with E-state index in [4.69, 9.17) is 31.5 Å². The van der Waals surface area contributed by atoms with Gasteiger partial charge in [0.1, 0.15) is 11.4 Å². The van der Waals surface area contributed by atoms with Crippen LogP contribution in [0.25, 0.3) is 0 Å². The minimum atomic E-state index is -0.475. The lowest BCUT2D eigenvalue weighted by atomic mass is 9.96. The van der Waals surface area contributed by atoms with E-state index in [0.717, 1.165) is 45.6 Å². The van der Waals surface area contributed by atoms with Crippen molar-refractivity contribution in [3.05, 3.63) is 22.7 Å². The van der Waals surface area contributed by atoms with E-state index < -0.39 is 5.60 Å². The van der Waals surface area contributed by atoms with Gasteiger partial charge in [0, 0.05) is 45.3 Å². The van der Waals surface area contributed by atoms with E-state index in [1.807, 2.05) is 20.8 Å². The Hall–Kier alpha value is -2.23. The number of nitrogens with zero attached hydrogens (tertiary/aromatic N) is 2. The van der Waals surface area contributed by atoms with Gasteiger partial charge in [-0.25, -0.2) is 4.79 Å². The molecule has 3 N–H and O–H groups in total. The van der Waals surface area contributed by atoms with E-state index in [-0.39, 0.29) is 18.1 Å². The maximum atomic E-state index is 12.7. The van der Waals surface area contributed by atoms with Crippen LogP contribution in [0.1, 0.15) is 44.0 Å². The Balaban J connectivity index is 1.44. The smallest absolute Gasteiger partial charge is 0.410 e. The molecule has 10 heteroatoms. The number of rotatable bonds is 6. The number of likely N-dealkylation sites (tertiary alicyclic amines) is 1. The van der Waals surface area contributed by atoms with Crippen molar-refractivity contribution in [1.82, 2.24) is 15.1 Å². The van der Waals surface area contributed by atoms with Gasteiger partial charge in [0.2, 0.25) is 0 Å². The number of morpholine rings is 1. The molecule has 0 unspecified atom stereocenters. The number of benzene rings is 1. The lowest BCUT2D eigenvalue weighted by Crippen LogP contribution is -2.50. The molecule has 34 heavy (non-hydrogen) atoms. The average Bonchev–Trinajstić information content (AvgIpc) is 2.78. The Kier molecular flexibility index (Phi) is 8.89. The number of carbonyl (C=O) groups is 2. The van der Waals surface area contributed by atoms with E-state index in [2.05, 4.69) is 10.2 Å². The van der Waals surface area contributed by atoms with Crippen LogP contribution >= 0.6 is 11.6 Å². The molecule has 0 radical (unpaired) electrons. The summed E-state index contributed by atoms with van der Waals surface area (Å²) in [5.74, 6) is 0.616. The van der Waals surface area contributed by atoms with Gasteiger partial charge >= 0.3 is 6.09 Å². The molecule has 0 spiro atoms. The molecule has 0 bridgehead atoms. The third-order valence-corrected chi connectivity index (χ3v) is 6.39. The van der Waals surface area contributed by atoms with E-state index in [9.17, 15) is 9.59 Å². The van der Waals surface area contributed by atoms with Crippen LogP contribution in [-0.2, 0) is 9.47 Å². The van der Waals surface area contributed by atoms with Crippen molar-refractivity contribution >= 4 is 29.3 Å². The molecule has 0 aliphatic carbocycles. The minimum absolute atomic E-state index is 0.102. The van der Waals surface area contributed by atoms with Gasteiger partial charge in [-0.15, -0.1) is 0 Å². The van der Waals surface area contributed by atoms with Gasteiger partial charge in [0.25, 0.3) is 5.91 Å². The summed E-state index contributed by atoms with van der Waals surface area (Å²) >= 11 is 6.08. The highest BCUT2D eigenvalue weighted by Gasteiger charge is 2.29. The van der Waals surface area contributed by atoms with Crippen molar-refractivity contribution in [1.29, 1.82) is 0 Å². The summed E-state index contributed by atoms with van der Waals surface area (Å²) in [5.41, 5.74) is 6.02. The summed E-state index contributed by atoms with van der Waals surface area (Å²) in [5, 5.41) is 3.23. The number of anilines is 1. The Morgan fingerprint density at radius 1 is 1.24 bits per heavy atom. The molecular formula is C24H37ClN4O5. The second-order valence-electron chi connectivity index (χ2n) is 9.95. The first kappa shape index (κ1) is 26.4. The largest absolute Gasteiger partial charge is 0.496 e. The topological polar surface area (TPSA) is 106 Å². The SMILES string of the molecule is COc1cc(N)c(Cl)cc1C(=O)NC[C@@H]1CN(CC2CCN(C(=O)OC(C)(C)C)CC2)CCO1. The zero-order valence-electron chi connectivity index (χ0n) is 20.6. The molecule has 0 aromatic heterocycles. The van der Waals surface area contributed by atoms with Crippen molar-refractivity contribution in [3.63, 3.8) is 0 Å². The van der Waals surface area contributed by atoms with Gasteiger partial charge in [0.15, 0.2) is 0 Å². The normalized spacial score (nSPS) is 20.1. The van der Waals surface area contributed by atoms with Crippen LogP contribution in [0.3, 0.4) is 0 Å². The van der Waals surface area contributed by atoms with Gasteiger partial charge in [-0.05, 0) is 45.6 Å². The summed E-state index contributed by atoms with van der Waals surface area (Å²) in [6, 6.07) is 3.06. The first-order valence-electron chi connectivity index (χ1n) is 11.8. The van der Waals surface area contributed by atoms with Crippen LogP contribution in [0, 0.1) is 5.92 Å². The summed E-state index contributed by atoms with van der Waals surface area (Å²) in [4.78, 5) is 29.2. The van der Waals surface area contributed by atoms with Crippen LogP contribution in [0.2, 0.25) is 5.02 Å². The molecule has 1 aromatic rings. The van der Waals surface area contributed by atoms with Crippen molar-refractivity contribution in [2.45, 2.75) is 45.3 Å². The number of methoxy groups -OCH3 is 1. The predicted molar refractivity (Wildman–Crippen MR) is 131 cm³/mol. The Morgan fingerprint density at radius 2 is 1.94 bits per heavy atom. The molecule has 190 valence electrons. The molecule has 2 aliphatic rings. The Bertz CT molecular complexity index is 868. The summed E-state index contributed by atoms with van der Waals surface area (Å²) in [6.07, 6.45) is 1.58. The van der Waals surface area contributed by atoms with Crippen LogP contribution < -0.4 is 15.8 Å². The number of hydrogen-bond donors (Lipinski definition) is 2. The number of amides is 2. The molecular weight excluding hydrogens is 460 g/mol. The molecule has 0 saturated carbocycles. The first-order chi connectivity index (χ1) is 16.1. The Morgan fingerprint density at radius 3 is 2.59 bits per heavy atom. The summed E-state index contributed by atoms with van der Waals surface area (Å²) < 4.78 is 16.6. The zero-order chi connectivity index (χ0) is 24.9. The number of nitrogens with one attached hydrogen (secondary N) is 1. The highest BCUT2D eigenvalue weighted by molar-refractivity contribution is 6.33. The van der Waals surface area contributed by atoms with E-state index in [1.54, 1.807) is 11.0 Å². The molecule has 2 fully saturated rings. The summed E-state index contributed by atoms with van der Waals surface area (Å²) in [6.45, 7) is 10.7. The maximum Gasteiger partial charge on any atom is 0.410 e. The third-order valence-electron chi connectivity index (χ3n) is 6.06. The van der Waals surface area contributed by atoms with Crippen molar-refractivity contribution in [2.75, 3.05) is 58.7 Å². The molecule has 2 aliphatic heterocycles. The lowest BCUT2D eigenvalue weighted by molar-refractivity contribution is -0.0342. The minimum Gasteiger partial charge on any atom is -0.496 e. The Labute approximate surface area is 206 Å². The second-order valence-corrected chi connectivity index (χ2v) is 10.4. The number of nitrogen functional groups attached to an aromatic ring is 1. The summed E-state index contributed by atoms with van der Waals surface area (Å²) in [7, 11) is 1.49. The fourth-order valence-electron chi connectivity index (χ4n) is 4.28. The van der Waals surface area contributed by atoms with Gasteiger partial charge in [-0.3, -0.25) is 9.69 Å². The molecule has 9 nitrogen and oxygen atoms in total. The zero-order valence-corrected chi connectivity index (χ0v) is 21.3. The molecule has 3 rings (SSSR count). The highest BCUT2D eigenvalue weighted by Crippen LogP contribution is 2.29. The number of hydrogen-bond acceptors (Lipinski definition) is 7. The molecule has 2 amide bonds. The fraction of sp³-hybridized carbons (Fsp3) is 0.667. The van der Waals surface area contributed by atoms with Crippen LogP contribution in [0.15, 0.2) is 12.1 Å². The molecule has 1 aromatic carbocycles. The molecule has 2 heterocycles. The van der Waals surface area contributed by atoms with Crippen molar-refractivity contribution < 1.29 is 23.8 Å². The van der Waals surface area contributed by atoms with Gasteiger partial charge in [0.05, 0.1) is 36.1 Å². The first-order valence-corrected chi connectivity index (χ1v) is 12.2.